The van der Waals surface area contributed by atoms with Crippen molar-refractivity contribution in [2.24, 2.45) is 5.92 Å². The first-order valence-corrected chi connectivity index (χ1v) is 8.17. The molecule has 1 aromatic rings. The van der Waals surface area contributed by atoms with Gasteiger partial charge in [0, 0.05) is 5.56 Å². The van der Waals surface area contributed by atoms with Crippen LogP contribution in [0.25, 0.3) is 0 Å². The Hall–Kier alpha value is -1.56. The maximum atomic E-state index is 12.1. The summed E-state index contributed by atoms with van der Waals surface area (Å²) in [5.41, 5.74) is 0.328. The lowest BCUT2D eigenvalue weighted by Gasteiger charge is -2.15. The van der Waals surface area contributed by atoms with E-state index in [4.69, 9.17) is 9.47 Å². The average molecular weight is 298 g/mol. The zero-order valence-electron chi connectivity index (χ0n) is 11.8. The minimum absolute atomic E-state index is 0.0236. The third-order valence-corrected chi connectivity index (χ3v) is 5.87. The van der Waals surface area contributed by atoms with E-state index in [0.717, 1.165) is 0 Å². The maximum absolute atomic E-state index is 12.1. The van der Waals surface area contributed by atoms with Crippen molar-refractivity contribution in [1.29, 1.82) is 0 Å². The van der Waals surface area contributed by atoms with Gasteiger partial charge in [0.2, 0.25) is 6.79 Å². The summed E-state index contributed by atoms with van der Waals surface area (Å²) < 4.78 is 34.6. The number of carbonyl (C=O) groups excluding carboxylic acids is 1. The molecule has 0 aliphatic carbocycles. The van der Waals surface area contributed by atoms with Crippen molar-refractivity contribution < 1.29 is 22.7 Å². The first-order valence-electron chi connectivity index (χ1n) is 6.45. The number of ketones is 1. The molecule has 0 bridgehead atoms. The van der Waals surface area contributed by atoms with E-state index in [1.54, 1.807) is 19.1 Å². The van der Waals surface area contributed by atoms with Crippen LogP contribution in [0, 0.1) is 5.92 Å². The van der Waals surface area contributed by atoms with E-state index in [-0.39, 0.29) is 12.7 Å². The smallest absolute Gasteiger partial charge is 0.231 e. The Labute approximate surface area is 118 Å². The lowest BCUT2D eigenvalue weighted by atomic mass is 10.1. The van der Waals surface area contributed by atoms with Crippen LogP contribution in [0.3, 0.4) is 0 Å². The van der Waals surface area contributed by atoms with Gasteiger partial charge < -0.3 is 9.47 Å². The largest absolute Gasteiger partial charge is 0.454 e. The molecule has 1 atom stereocenters. The topological polar surface area (TPSA) is 69.7 Å². The molecule has 1 aromatic carbocycles. The SMILES string of the molecule is CC(C)C(C)S(=O)(=O)CC(=O)c1ccc2c(c1)OCO2. The van der Waals surface area contributed by atoms with Gasteiger partial charge in [-0.25, -0.2) is 8.42 Å². The van der Waals surface area contributed by atoms with Crippen LogP contribution in [0.1, 0.15) is 31.1 Å². The van der Waals surface area contributed by atoms with E-state index < -0.39 is 26.6 Å². The molecule has 0 amide bonds. The number of hydrogen-bond acceptors (Lipinski definition) is 5. The van der Waals surface area contributed by atoms with E-state index in [2.05, 4.69) is 0 Å². The molecule has 6 heteroatoms. The van der Waals surface area contributed by atoms with Crippen LogP contribution in [0.5, 0.6) is 11.5 Å². The molecule has 0 N–H and O–H groups in total. The third kappa shape index (κ3) is 2.95. The predicted octanol–water partition coefficient (Wildman–Crippen LogP) is 2.06. The van der Waals surface area contributed by atoms with E-state index in [1.807, 2.05) is 13.8 Å². The van der Waals surface area contributed by atoms with Crippen LogP contribution < -0.4 is 9.47 Å². The summed E-state index contributed by atoms with van der Waals surface area (Å²) in [6.07, 6.45) is 0. The van der Waals surface area contributed by atoms with Gasteiger partial charge in [-0.15, -0.1) is 0 Å². The Morgan fingerprint density at radius 3 is 2.50 bits per heavy atom. The van der Waals surface area contributed by atoms with E-state index in [9.17, 15) is 13.2 Å². The van der Waals surface area contributed by atoms with E-state index in [1.165, 1.54) is 6.07 Å². The molecule has 0 aromatic heterocycles. The van der Waals surface area contributed by atoms with E-state index >= 15 is 0 Å². The van der Waals surface area contributed by atoms with Crippen molar-refractivity contribution in [3.05, 3.63) is 23.8 Å². The number of ether oxygens (including phenoxy) is 2. The minimum atomic E-state index is -3.44. The molecule has 0 fully saturated rings. The molecule has 5 nitrogen and oxygen atoms in total. The molecule has 110 valence electrons. The van der Waals surface area contributed by atoms with Gasteiger partial charge in [-0.3, -0.25) is 4.79 Å². The lowest BCUT2D eigenvalue weighted by molar-refractivity contribution is 0.102. The highest BCUT2D eigenvalue weighted by molar-refractivity contribution is 7.92. The summed E-state index contributed by atoms with van der Waals surface area (Å²) in [7, 11) is -3.44. The summed E-state index contributed by atoms with van der Waals surface area (Å²) in [4.78, 5) is 12.1. The molecule has 0 spiro atoms. The Morgan fingerprint density at radius 1 is 1.20 bits per heavy atom. The zero-order chi connectivity index (χ0) is 14.9. The van der Waals surface area contributed by atoms with Gasteiger partial charge in [0.1, 0.15) is 5.75 Å². The van der Waals surface area contributed by atoms with Gasteiger partial charge in [-0.2, -0.15) is 0 Å². The molecule has 1 aliphatic heterocycles. The molecular formula is C14H18O5S. The fraction of sp³-hybridized carbons (Fsp3) is 0.500. The van der Waals surface area contributed by atoms with Gasteiger partial charge in [-0.1, -0.05) is 13.8 Å². The third-order valence-electron chi connectivity index (χ3n) is 3.53. The van der Waals surface area contributed by atoms with Crippen LogP contribution >= 0.6 is 0 Å². The predicted molar refractivity (Wildman–Crippen MR) is 75.0 cm³/mol. The number of Topliss-reactive ketones (excluding diaryl/α,β-unsaturated/α-hetero) is 1. The maximum Gasteiger partial charge on any atom is 0.231 e. The molecule has 0 saturated carbocycles. The Balaban J connectivity index is 2.17. The summed E-state index contributed by atoms with van der Waals surface area (Å²) in [6, 6.07) is 4.71. The quantitative estimate of drug-likeness (QED) is 0.778. The molecule has 0 radical (unpaired) electrons. The highest BCUT2D eigenvalue weighted by Crippen LogP contribution is 2.32. The summed E-state index contributed by atoms with van der Waals surface area (Å²) in [5.74, 6) is 0.122. The number of fused-ring (bicyclic) bond motifs is 1. The number of hydrogen-bond donors (Lipinski definition) is 0. The van der Waals surface area contributed by atoms with Crippen LogP contribution in [-0.4, -0.2) is 32.0 Å². The van der Waals surface area contributed by atoms with Crippen LogP contribution in [0.2, 0.25) is 0 Å². The molecular weight excluding hydrogens is 280 g/mol. The lowest BCUT2D eigenvalue weighted by Crippen LogP contribution is -2.29. The standard InChI is InChI=1S/C14H18O5S/c1-9(2)10(3)20(16,17)7-12(15)11-4-5-13-14(6-11)19-8-18-13/h4-6,9-10H,7-8H2,1-3H3. The normalized spacial score (nSPS) is 15.4. The van der Waals surface area contributed by atoms with Crippen molar-refractivity contribution in [2.45, 2.75) is 26.0 Å². The number of sulfone groups is 1. The van der Waals surface area contributed by atoms with Crippen molar-refractivity contribution in [3.8, 4) is 11.5 Å². The number of carbonyl (C=O) groups is 1. The van der Waals surface area contributed by atoms with Gasteiger partial charge >= 0.3 is 0 Å². The van der Waals surface area contributed by atoms with Crippen molar-refractivity contribution in [1.82, 2.24) is 0 Å². The second kappa shape index (κ2) is 5.44. The second-order valence-corrected chi connectivity index (χ2v) is 7.61. The van der Waals surface area contributed by atoms with Crippen LogP contribution in [0.15, 0.2) is 18.2 Å². The molecule has 1 unspecified atom stereocenters. The van der Waals surface area contributed by atoms with Gasteiger partial charge in [0.15, 0.2) is 27.1 Å². The summed E-state index contributed by atoms with van der Waals surface area (Å²) >= 11 is 0. The first-order chi connectivity index (χ1) is 9.31. The van der Waals surface area contributed by atoms with Crippen molar-refractivity contribution in [2.75, 3.05) is 12.5 Å². The van der Waals surface area contributed by atoms with Crippen molar-refractivity contribution in [3.63, 3.8) is 0 Å². The fourth-order valence-electron chi connectivity index (χ4n) is 1.88. The number of benzene rings is 1. The molecule has 20 heavy (non-hydrogen) atoms. The van der Waals surface area contributed by atoms with E-state index in [0.29, 0.717) is 17.1 Å². The van der Waals surface area contributed by atoms with Crippen LogP contribution in [-0.2, 0) is 9.84 Å². The Bertz CT molecular complexity index is 618. The molecule has 1 aliphatic rings. The molecule has 0 saturated heterocycles. The fourth-order valence-corrected chi connectivity index (χ4v) is 3.51. The van der Waals surface area contributed by atoms with Crippen molar-refractivity contribution >= 4 is 15.6 Å². The Morgan fingerprint density at radius 2 is 1.85 bits per heavy atom. The average Bonchev–Trinajstić information content (AvgIpc) is 2.84. The molecule has 1 heterocycles. The summed E-state index contributed by atoms with van der Waals surface area (Å²) in [6.45, 7) is 5.41. The molecule has 2 rings (SSSR count). The zero-order valence-corrected chi connectivity index (χ0v) is 12.6. The van der Waals surface area contributed by atoms with Gasteiger partial charge in [-0.05, 0) is 31.0 Å². The van der Waals surface area contributed by atoms with Gasteiger partial charge in [0.25, 0.3) is 0 Å². The Kier molecular flexibility index (Phi) is 4.04. The number of rotatable bonds is 5. The van der Waals surface area contributed by atoms with Gasteiger partial charge in [0.05, 0.1) is 5.25 Å². The highest BCUT2D eigenvalue weighted by atomic mass is 32.2. The highest BCUT2D eigenvalue weighted by Gasteiger charge is 2.27. The second-order valence-electron chi connectivity index (χ2n) is 5.25. The van der Waals surface area contributed by atoms with Crippen LogP contribution in [0.4, 0.5) is 0 Å². The first kappa shape index (κ1) is 14.8. The summed E-state index contributed by atoms with van der Waals surface area (Å²) in [5, 5.41) is -0.541. The monoisotopic (exact) mass is 298 g/mol. The minimum Gasteiger partial charge on any atom is -0.454 e.